The number of hydrogen-bond donors (Lipinski definition) is 1. The van der Waals surface area contributed by atoms with Crippen LogP contribution in [0.5, 0.6) is 0 Å². The third kappa shape index (κ3) is 3.28. The maximum absolute atomic E-state index is 13.3. The number of nitrogens with one attached hydrogen (secondary N) is 1. The third-order valence-corrected chi connectivity index (χ3v) is 4.97. The molecular weight excluding hydrogens is 395 g/mol. The molecule has 0 unspecified atom stereocenters. The molecular formula is C22H14ClFN2O3. The van der Waals surface area contributed by atoms with Gasteiger partial charge in [0, 0.05) is 11.3 Å². The molecule has 4 rings (SSSR count). The summed E-state index contributed by atoms with van der Waals surface area (Å²) < 4.78 is 13.3. The molecule has 144 valence electrons. The fourth-order valence-corrected chi connectivity index (χ4v) is 3.37. The SMILES string of the molecule is Cc1ccccc1N1C(=O)c2ccc(C(=O)Nc3ccc(F)c(Cl)c3)cc2C1=O. The summed E-state index contributed by atoms with van der Waals surface area (Å²) in [5.41, 5.74) is 2.18. The topological polar surface area (TPSA) is 66.5 Å². The Morgan fingerprint density at radius 1 is 0.966 bits per heavy atom. The summed E-state index contributed by atoms with van der Waals surface area (Å²) in [6, 6.07) is 15.2. The fourth-order valence-electron chi connectivity index (χ4n) is 3.19. The summed E-state index contributed by atoms with van der Waals surface area (Å²) in [4.78, 5) is 39.3. The number of halogens is 2. The average molecular weight is 409 g/mol. The minimum absolute atomic E-state index is 0.119. The van der Waals surface area contributed by atoms with E-state index in [2.05, 4.69) is 5.32 Å². The van der Waals surface area contributed by atoms with Gasteiger partial charge in [-0.1, -0.05) is 29.8 Å². The van der Waals surface area contributed by atoms with Crippen LogP contribution in [-0.4, -0.2) is 17.7 Å². The Hall–Kier alpha value is -3.51. The number of anilines is 2. The van der Waals surface area contributed by atoms with Crippen LogP contribution in [0.15, 0.2) is 60.7 Å². The maximum Gasteiger partial charge on any atom is 0.266 e. The molecule has 0 radical (unpaired) electrons. The lowest BCUT2D eigenvalue weighted by Gasteiger charge is -2.16. The average Bonchev–Trinajstić information content (AvgIpc) is 2.95. The molecule has 0 aromatic heterocycles. The van der Waals surface area contributed by atoms with E-state index in [-0.39, 0.29) is 21.7 Å². The van der Waals surface area contributed by atoms with E-state index in [4.69, 9.17) is 11.6 Å². The molecule has 5 nitrogen and oxygen atoms in total. The lowest BCUT2D eigenvalue weighted by atomic mass is 10.1. The van der Waals surface area contributed by atoms with E-state index in [1.54, 1.807) is 12.1 Å². The molecule has 0 fully saturated rings. The molecule has 1 heterocycles. The fraction of sp³-hybridized carbons (Fsp3) is 0.0455. The molecule has 0 spiro atoms. The molecule has 0 saturated carbocycles. The quantitative estimate of drug-likeness (QED) is 0.630. The molecule has 0 saturated heterocycles. The van der Waals surface area contributed by atoms with Crippen LogP contribution >= 0.6 is 11.6 Å². The lowest BCUT2D eigenvalue weighted by molar-refractivity contribution is 0.0925. The van der Waals surface area contributed by atoms with Crippen molar-refractivity contribution in [1.82, 2.24) is 0 Å². The van der Waals surface area contributed by atoms with Gasteiger partial charge in [0.15, 0.2) is 0 Å². The minimum Gasteiger partial charge on any atom is -0.322 e. The maximum atomic E-state index is 13.3. The van der Waals surface area contributed by atoms with Gasteiger partial charge >= 0.3 is 0 Å². The number of carbonyl (C=O) groups excluding carboxylic acids is 3. The van der Waals surface area contributed by atoms with Gasteiger partial charge in [-0.2, -0.15) is 0 Å². The highest BCUT2D eigenvalue weighted by molar-refractivity contribution is 6.35. The highest BCUT2D eigenvalue weighted by Crippen LogP contribution is 2.31. The van der Waals surface area contributed by atoms with E-state index in [9.17, 15) is 18.8 Å². The van der Waals surface area contributed by atoms with Crippen LogP contribution in [0.4, 0.5) is 15.8 Å². The van der Waals surface area contributed by atoms with Crippen molar-refractivity contribution in [3.8, 4) is 0 Å². The number of carbonyl (C=O) groups is 3. The molecule has 0 bridgehead atoms. The Balaban J connectivity index is 1.64. The van der Waals surface area contributed by atoms with E-state index >= 15 is 0 Å². The number of benzene rings is 3. The van der Waals surface area contributed by atoms with E-state index in [0.717, 1.165) is 16.5 Å². The van der Waals surface area contributed by atoms with Crippen LogP contribution in [0, 0.1) is 12.7 Å². The molecule has 7 heteroatoms. The van der Waals surface area contributed by atoms with Crippen LogP contribution in [0.25, 0.3) is 0 Å². The summed E-state index contributed by atoms with van der Waals surface area (Å²) >= 11 is 5.73. The van der Waals surface area contributed by atoms with E-state index in [1.807, 2.05) is 19.1 Å². The zero-order chi connectivity index (χ0) is 20.7. The summed E-state index contributed by atoms with van der Waals surface area (Å²) in [5, 5.41) is 2.48. The highest BCUT2D eigenvalue weighted by atomic mass is 35.5. The van der Waals surface area contributed by atoms with Crippen molar-refractivity contribution in [3.63, 3.8) is 0 Å². The Labute approximate surface area is 170 Å². The van der Waals surface area contributed by atoms with Gasteiger partial charge < -0.3 is 5.32 Å². The minimum atomic E-state index is -0.595. The first kappa shape index (κ1) is 18.8. The van der Waals surface area contributed by atoms with Crippen molar-refractivity contribution in [2.75, 3.05) is 10.2 Å². The normalized spacial score (nSPS) is 12.9. The summed E-state index contributed by atoms with van der Waals surface area (Å²) in [5.74, 6) is -2.02. The van der Waals surface area contributed by atoms with Crippen LogP contribution < -0.4 is 10.2 Å². The first-order valence-corrected chi connectivity index (χ1v) is 9.09. The number of rotatable bonds is 3. The number of hydrogen-bond acceptors (Lipinski definition) is 3. The van der Waals surface area contributed by atoms with E-state index < -0.39 is 23.5 Å². The molecule has 1 aliphatic heterocycles. The second-order valence-corrected chi connectivity index (χ2v) is 6.98. The molecule has 1 N–H and O–H groups in total. The van der Waals surface area contributed by atoms with Gasteiger partial charge in [-0.05, 0) is 55.0 Å². The molecule has 0 aliphatic carbocycles. The van der Waals surface area contributed by atoms with Gasteiger partial charge in [0.2, 0.25) is 0 Å². The van der Waals surface area contributed by atoms with Gasteiger partial charge in [-0.15, -0.1) is 0 Å². The van der Waals surface area contributed by atoms with E-state index in [0.29, 0.717) is 11.4 Å². The number of fused-ring (bicyclic) bond motifs is 1. The summed E-state index contributed by atoms with van der Waals surface area (Å²) in [7, 11) is 0. The summed E-state index contributed by atoms with van der Waals surface area (Å²) in [6.45, 7) is 1.81. The highest BCUT2D eigenvalue weighted by Gasteiger charge is 2.37. The molecule has 29 heavy (non-hydrogen) atoms. The van der Waals surface area contributed by atoms with Gasteiger partial charge in [0.25, 0.3) is 17.7 Å². The van der Waals surface area contributed by atoms with Crippen molar-refractivity contribution in [2.24, 2.45) is 0 Å². The van der Waals surface area contributed by atoms with Gasteiger partial charge in [0.1, 0.15) is 5.82 Å². The second-order valence-electron chi connectivity index (χ2n) is 6.58. The molecule has 3 aromatic rings. The third-order valence-electron chi connectivity index (χ3n) is 4.68. The van der Waals surface area contributed by atoms with Gasteiger partial charge in [-0.25, -0.2) is 9.29 Å². The monoisotopic (exact) mass is 408 g/mol. The lowest BCUT2D eigenvalue weighted by Crippen LogP contribution is -2.29. The standard InChI is InChI=1S/C22H14ClFN2O3/c1-12-4-2-3-5-19(12)26-21(28)15-8-6-13(10-16(15)22(26)29)20(27)25-14-7-9-18(24)17(23)11-14/h2-11H,1H3,(H,25,27). The molecule has 3 amide bonds. The first-order chi connectivity index (χ1) is 13.9. The smallest absolute Gasteiger partial charge is 0.266 e. The summed E-state index contributed by atoms with van der Waals surface area (Å²) in [6.07, 6.45) is 0. The van der Waals surface area contributed by atoms with Crippen molar-refractivity contribution >= 4 is 40.7 Å². The first-order valence-electron chi connectivity index (χ1n) is 8.71. The largest absolute Gasteiger partial charge is 0.322 e. The predicted octanol–water partition coefficient (Wildman–Crippen LogP) is 4.84. The van der Waals surface area contributed by atoms with Crippen molar-refractivity contribution in [2.45, 2.75) is 6.92 Å². The van der Waals surface area contributed by atoms with Crippen LogP contribution in [0.2, 0.25) is 5.02 Å². The molecule has 3 aromatic carbocycles. The zero-order valence-electron chi connectivity index (χ0n) is 15.2. The number of nitrogens with zero attached hydrogens (tertiary/aromatic N) is 1. The van der Waals surface area contributed by atoms with Crippen molar-refractivity contribution in [3.05, 3.63) is 93.8 Å². The Morgan fingerprint density at radius 2 is 1.69 bits per heavy atom. The van der Waals surface area contributed by atoms with Gasteiger partial charge in [0.05, 0.1) is 21.8 Å². The number of imide groups is 1. The van der Waals surface area contributed by atoms with Crippen LogP contribution in [0.3, 0.4) is 0 Å². The molecule has 0 atom stereocenters. The molecule has 1 aliphatic rings. The van der Waals surface area contributed by atoms with Crippen molar-refractivity contribution in [1.29, 1.82) is 0 Å². The Bertz CT molecular complexity index is 1190. The predicted molar refractivity (Wildman–Crippen MR) is 108 cm³/mol. The van der Waals surface area contributed by atoms with E-state index in [1.165, 1.54) is 30.3 Å². The Morgan fingerprint density at radius 3 is 2.41 bits per heavy atom. The van der Waals surface area contributed by atoms with Gasteiger partial charge in [-0.3, -0.25) is 14.4 Å². The second kappa shape index (κ2) is 7.14. The zero-order valence-corrected chi connectivity index (χ0v) is 16.0. The van der Waals surface area contributed by atoms with Crippen LogP contribution in [-0.2, 0) is 0 Å². The number of amides is 3. The number of aryl methyl sites for hydroxylation is 1. The Kier molecular flexibility index (Phi) is 4.64. The van der Waals surface area contributed by atoms with Crippen LogP contribution in [0.1, 0.15) is 36.6 Å². The number of para-hydroxylation sites is 1. The van der Waals surface area contributed by atoms with Crippen molar-refractivity contribution < 1.29 is 18.8 Å².